The van der Waals surface area contributed by atoms with Gasteiger partial charge in [-0.15, -0.1) is 0 Å². The molecule has 11 nitrogen and oxygen atoms in total. The quantitative estimate of drug-likeness (QED) is 0.437. The number of esters is 1. The first-order valence-corrected chi connectivity index (χ1v) is 8.84. The van der Waals surface area contributed by atoms with E-state index in [2.05, 4.69) is 10.4 Å². The first-order chi connectivity index (χ1) is 13.8. The summed E-state index contributed by atoms with van der Waals surface area (Å²) < 4.78 is 17.2. The Kier molecular flexibility index (Phi) is 5.66. The van der Waals surface area contributed by atoms with Gasteiger partial charge in [0.1, 0.15) is 31.1 Å². The van der Waals surface area contributed by atoms with Crippen LogP contribution in [0.25, 0.3) is 0 Å². The number of anilines is 1. The third-order valence-corrected chi connectivity index (χ3v) is 4.29. The Bertz CT molecular complexity index is 969. The Hall–Kier alpha value is -3.63. The fourth-order valence-corrected chi connectivity index (χ4v) is 2.88. The van der Waals surface area contributed by atoms with Crippen LogP contribution in [0.3, 0.4) is 0 Å². The summed E-state index contributed by atoms with van der Waals surface area (Å²) in [5, 5.41) is 17.7. The van der Waals surface area contributed by atoms with Crippen molar-refractivity contribution in [3.8, 4) is 11.5 Å². The molecule has 1 atom stereocenters. The monoisotopic (exact) mass is 404 g/mol. The minimum absolute atomic E-state index is 0.151. The summed E-state index contributed by atoms with van der Waals surface area (Å²) in [6.45, 7) is 4.93. The van der Waals surface area contributed by atoms with Crippen molar-refractivity contribution in [3.63, 3.8) is 0 Å². The zero-order chi connectivity index (χ0) is 21.1. The van der Waals surface area contributed by atoms with E-state index in [4.69, 9.17) is 14.2 Å². The number of fused-ring (bicyclic) bond motifs is 1. The van der Waals surface area contributed by atoms with Crippen molar-refractivity contribution in [3.05, 3.63) is 39.7 Å². The topological polar surface area (TPSA) is 135 Å². The molecule has 1 unspecified atom stereocenters. The summed E-state index contributed by atoms with van der Waals surface area (Å²) in [5.41, 5.74) is 0.751. The van der Waals surface area contributed by atoms with Gasteiger partial charge < -0.3 is 19.5 Å². The van der Waals surface area contributed by atoms with Crippen molar-refractivity contribution in [2.75, 3.05) is 18.5 Å². The SMILES string of the molecule is Cc1nn(CC(=O)OC(C)C(=O)Nc2ccc3c(c2)OCCO3)c(C)c1[N+](=O)[O-]. The Morgan fingerprint density at radius 2 is 2.00 bits per heavy atom. The number of rotatable bonds is 6. The normalized spacial score (nSPS) is 13.5. The van der Waals surface area contributed by atoms with Crippen LogP contribution in [0.5, 0.6) is 11.5 Å². The van der Waals surface area contributed by atoms with Crippen molar-refractivity contribution in [1.29, 1.82) is 0 Å². The number of aromatic nitrogens is 2. The van der Waals surface area contributed by atoms with Gasteiger partial charge in [0.05, 0.1) is 4.92 Å². The third kappa shape index (κ3) is 4.45. The second-order valence-corrected chi connectivity index (χ2v) is 6.41. The molecule has 0 radical (unpaired) electrons. The molecule has 2 heterocycles. The van der Waals surface area contributed by atoms with Gasteiger partial charge in [0.15, 0.2) is 17.6 Å². The van der Waals surface area contributed by atoms with Gasteiger partial charge in [-0.1, -0.05) is 0 Å². The van der Waals surface area contributed by atoms with Crippen LogP contribution in [0.1, 0.15) is 18.3 Å². The van der Waals surface area contributed by atoms with Gasteiger partial charge in [0.2, 0.25) is 0 Å². The highest BCUT2D eigenvalue weighted by Gasteiger charge is 2.25. The van der Waals surface area contributed by atoms with Gasteiger partial charge in [-0.3, -0.25) is 24.4 Å². The van der Waals surface area contributed by atoms with E-state index in [1.54, 1.807) is 18.2 Å². The summed E-state index contributed by atoms with van der Waals surface area (Å²) in [7, 11) is 0. The lowest BCUT2D eigenvalue weighted by atomic mass is 10.2. The van der Waals surface area contributed by atoms with Gasteiger partial charge in [0.25, 0.3) is 5.91 Å². The Labute approximate surface area is 165 Å². The number of aryl methyl sites for hydroxylation is 1. The van der Waals surface area contributed by atoms with E-state index in [-0.39, 0.29) is 23.6 Å². The summed E-state index contributed by atoms with van der Waals surface area (Å²) in [6, 6.07) is 4.95. The van der Waals surface area contributed by atoms with Gasteiger partial charge in [-0.25, -0.2) is 0 Å². The highest BCUT2D eigenvalue weighted by Crippen LogP contribution is 2.32. The van der Waals surface area contributed by atoms with Crippen LogP contribution in [-0.4, -0.2) is 45.9 Å². The Balaban J connectivity index is 1.59. The third-order valence-electron chi connectivity index (χ3n) is 4.29. The molecule has 0 saturated carbocycles. The number of carbonyl (C=O) groups excluding carboxylic acids is 2. The van der Waals surface area contributed by atoms with E-state index in [1.807, 2.05) is 0 Å². The number of nitrogens with one attached hydrogen (secondary N) is 1. The van der Waals surface area contributed by atoms with Crippen LogP contribution in [0, 0.1) is 24.0 Å². The van der Waals surface area contributed by atoms with E-state index >= 15 is 0 Å². The van der Waals surface area contributed by atoms with Crippen molar-refractivity contribution in [2.24, 2.45) is 0 Å². The molecule has 1 amide bonds. The smallest absolute Gasteiger partial charge is 0.328 e. The van der Waals surface area contributed by atoms with E-state index in [0.29, 0.717) is 30.4 Å². The van der Waals surface area contributed by atoms with Crippen LogP contribution in [0.2, 0.25) is 0 Å². The number of nitrogens with zero attached hydrogens (tertiary/aromatic N) is 3. The molecule has 0 bridgehead atoms. The average molecular weight is 404 g/mol. The molecule has 0 aliphatic carbocycles. The predicted molar refractivity (Wildman–Crippen MR) is 100.0 cm³/mol. The van der Waals surface area contributed by atoms with E-state index in [0.717, 1.165) is 0 Å². The number of nitro groups is 1. The number of hydrogen-bond acceptors (Lipinski definition) is 8. The molecule has 2 aromatic rings. The standard InChI is InChI=1S/C18H20N4O7/c1-10-17(22(25)26)11(2)21(20-10)9-16(23)29-12(3)18(24)19-13-4-5-14-15(8-13)28-7-6-27-14/h4-5,8,12H,6-7,9H2,1-3H3,(H,19,24). The van der Waals surface area contributed by atoms with Crippen molar-refractivity contribution < 1.29 is 28.7 Å². The summed E-state index contributed by atoms with van der Waals surface area (Å²) in [6.07, 6.45) is -1.08. The maximum atomic E-state index is 12.3. The zero-order valence-corrected chi connectivity index (χ0v) is 16.1. The van der Waals surface area contributed by atoms with Crippen LogP contribution in [-0.2, 0) is 20.9 Å². The van der Waals surface area contributed by atoms with Crippen molar-refractivity contribution in [1.82, 2.24) is 9.78 Å². The molecule has 154 valence electrons. The summed E-state index contributed by atoms with van der Waals surface area (Å²) in [4.78, 5) is 34.9. The minimum Gasteiger partial charge on any atom is -0.486 e. The molecule has 29 heavy (non-hydrogen) atoms. The van der Waals surface area contributed by atoms with Crippen LogP contribution in [0.15, 0.2) is 18.2 Å². The van der Waals surface area contributed by atoms with E-state index < -0.39 is 22.9 Å². The molecule has 1 aromatic carbocycles. The zero-order valence-electron chi connectivity index (χ0n) is 16.1. The lowest BCUT2D eigenvalue weighted by molar-refractivity contribution is -0.386. The molecule has 0 saturated heterocycles. The van der Waals surface area contributed by atoms with Gasteiger partial charge in [-0.2, -0.15) is 5.10 Å². The van der Waals surface area contributed by atoms with Crippen LogP contribution >= 0.6 is 0 Å². The molecular formula is C18H20N4O7. The molecular weight excluding hydrogens is 384 g/mol. The number of carbonyl (C=O) groups is 2. The fraction of sp³-hybridized carbons (Fsp3) is 0.389. The number of ether oxygens (including phenoxy) is 3. The van der Waals surface area contributed by atoms with Crippen molar-refractivity contribution >= 4 is 23.3 Å². The highest BCUT2D eigenvalue weighted by molar-refractivity contribution is 5.95. The van der Waals surface area contributed by atoms with Crippen LogP contribution in [0.4, 0.5) is 11.4 Å². The molecule has 1 aliphatic rings. The minimum atomic E-state index is -1.08. The lowest BCUT2D eigenvalue weighted by Crippen LogP contribution is -2.31. The Morgan fingerprint density at radius 1 is 1.31 bits per heavy atom. The fourth-order valence-electron chi connectivity index (χ4n) is 2.88. The molecule has 0 fully saturated rings. The Morgan fingerprint density at radius 3 is 2.66 bits per heavy atom. The molecule has 0 spiro atoms. The first-order valence-electron chi connectivity index (χ1n) is 8.84. The first kappa shape index (κ1) is 20.1. The molecule has 1 aliphatic heterocycles. The predicted octanol–water partition coefficient (Wildman–Crippen LogP) is 1.75. The second-order valence-electron chi connectivity index (χ2n) is 6.41. The number of benzene rings is 1. The molecule has 11 heteroatoms. The number of hydrogen-bond donors (Lipinski definition) is 1. The van der Waals surface area contributed by atoms with Crippen molar-refractivity contribution in [2.45, 2.75) is 33.4 Å². The van der Waals surface area contributed by atoms with Gasteiger partial charge >= 0.3 is 11.7 Å². The van der Waals surface area contributed by atoms with E-state index in [1.165, 1.54) is 25.5 Å². The maximum Gasteiger partial charge on any atom is 0.328 e. The second kappa shape index (κ2) is 8.17. The van der Waals surface area contributed by atoms with Gasteiger partial charge in [0, 0.05) is 11.8 Å². The molecule has 1 aromatic heterocycles. The van der Waals surface area contributed by atoms with Gasteiger partial charge in [-0.05, 0) is 32.9 Å². The molecule has 3 rings (SSSR count). The van der Waals surface area contributed by atoms with E-state index in [9.17, 15) is 19.7 Å². The largest absolute Gasteiger partial charge is 0.486 e. The summed E-state index contributed by atoms with van der Waals surface area (Å²) in [5.74, 6) is -0.165. The molecule has 1 N–H and O–H groups in total. The maximum absolute atomic E-state index is 12.3. The highest BCUT2D eigenvalue weighted by atomic mass is 16.6. The average Bonchev–Trinajstić information content (AvgIpc) is 2.94. The number of amides is 1. The summed E-state index contributed by atoms with van der Waals surface area (Å²) >= 11 is 0. The lowest BCUT2D eigenvalue weighted by Gasteiger charge is -2.19. The van der Waals surface area contributed by atoms with Crippen LogP contribution < -0.4 is 14.8 Å².